The average Bonchev–Trinajstić information content (AvgIpc) is 3.11. The van der Waals surface area contributed by atoms with Crippen LogP contribution in [0.15, 0.2) is 54.6 Å². The summed E-state index contributed by atoms with van der Waals surface area (Å²) in [7, 11) is 0. The smallest absolute Gasteiger partial charge is 0.321 e. The van der Waals surface area contributed by atoms with Crippen LogP contribution in [0, 0.1) is 6.92 Å². The molecule has 6 heteroatoms. The van der Waals surface area contributed by atoms with E-state index in [0.29, 0.717) is 19.6 Å². The lowest BCUT2D eigenvalue weighted by Crippen LogP contribution is -2.49. The first-order valence-corrected chi connectivity index (χ1v) is 10.3. The summed E-state index contributed by atoms with van der Waals surface area (Å²) in [6, 6.07) is 18.2. The van der Waals surface area contributed by atoms with Gasteiger partial charge in [-0.1, -0.05) is 48.0 Å². The molecule has 2 aliphatic heterocycles. The summed E-state index contributed by atoms with van der Waals surface area (Å²) >= 11 is 0. The first kappa shape index (κ1) is 19.3. The molecular weight excluding hydrogens is 364 g/mol. The Balaban J connectivity index is 1.27. The first-order valence-electron chi connectivity index (χ1n) is 10.3. The summed E-state index contributed by atoms with van der Waals surface area (Å²) < 4.78 is 0. The van der Waals surface area contributed by atoms with E-state index in [0.717, 1.165) is 37.2 Å². The van der Waals surface area contributed by atoms with Crippen LogP contribution >= 0.6 is 0 Å². The Labute approximate surface area is 172 Å². The van der Waals surface area contributed by atoms with E-state index in [9.17, 15) is 9.59 Å². The van der Waals surface area contributed by atoms with Crippen molar-refractivity contribution in [1.29, 1.82) is 0 Å². The Morgan fingerprint density at radius 1 is 0.966 bits per heavy atom. The molecule has 4 rings (SSSR count). The van der Waals surface area contributed by atoms with Crippen LogP contribution in [0.3, 0.4) is 0 Å². The van der Waals surface area contributed by atoms with Crippen LogP contribution in [0.2, 0.25) is 0 Å². The molecule has 2 saturated heterocycles. The van der Waals surface area contributed by atoms with Gasteiger partial charge in [-0.3, -0.25) is 0 Å². The molecule has 2 aromatic carbocycles. The molecule has 0 aromatic heterocycles. The van der Waals surface area contributed by atoms with Crippen LogP contribution in [0.5, 0.6) is 0 Å². The van der Waals surface area contributed by atoms with Crippen LogP contribution in [0.25, 0.3) is 0 Å². The third kappa shape index (κ3) is 4.53. The van der Waals surface area contributed by atoms with Crippen molar-refractivity contribution >= 4 is 17.7 Å². The molecule has 0 saturated carbocycles. The summed E-state index contributed by atoms with van der Waals surface area (Å²) in [5.74, 6) is 0. The van der Waals surface area contributed by atoms with Crippen LogP contribution in [-0.2, 0) is 6.54 Å². The number of carbonyl (C=O) groups is 2. The van der Waals surface area contributed by atoms with Gasteiger partial charge in [0.2, 0.25) is 0 Å². The molecule has 29 heavy (non-hydrogen) atoms. The Morgan fingerprint density at radius 2 is 1.66 bits per heavy atom. The Kier molecular flexibility index (Phi) is 5.69. The fraction of sp³-hybridized carbons (Fsp3) is 0.391. The number of nitrogens with zero attached hydrogens (tertiary/aromatic N) is 3. The summed E-state index contributed by atoms with van der Waals surface area (Å²) in [6.07, 6.45) is 1.65. The van der Waals surface area contributed by atoms with Gasteiger partial charge in [-0.2, -0.15) is 0 Å². The number of rotatable bonds is 4. The van der Waals surface area contributed by atoms with Crippen molar-refractivity contribution in [2.75, 3.05) is 31.5 Å². The first-order chi connectivity index (χ1) is 14.1. The highest BCUT2D eigenvalue weighted by molar-refractivity contribution is 5.89. The van der Waals surface area contributed by atoms with Gasteiger partial charge in [-0.15, -0.1) is 0 Å². The predicted octanol–water partition coefficient (Wildman–Crippen LogP) is 3.93. The minimum atomic E-state index is -0.0641. The lowest BCUT2D eigenvalue weighted by atomic mass is 10.0. The third-order valence-electron chi connectivity index (χ3n) is 5.84. The molecule has 0 aliphatic carbocycles. The highest BCUT2D eigenvalue weighted by Gasteiger charge is 2.35. The number of aryl methyl sites for hydroxylation is 1. The molecule has 4 amide bonds. The molecule has 2 aromatic rings. The van der Waals surface area contributed by atoms with Crippen LogP contribution in [0.4, 0.5) is 15.3 Å². The van der Waals surface area contributed by atoms with Crippen molar-refractivity contribution in [2.24, 2.45) is 0 Å². The molecule has 0 bridgehead atoms. The van der Waals surface area contributed by atoms with E-state index in [1.807, 2.05) is 64.1 Å². The number of likely N-dealkylation sites (tertiary alicyclic amines) is 1. The monoisotopic (exact) mass is 392 g/mol. The number of anilines is 1. The second-order valence-electron chi connectivity index (χ2n) is 7.90. The molecule has 0 spiro atoms. The van der Waals surface area contributed by atoms with Gasteiger partial charge in [0.1, 0.15) is 0 Å². The molecule has 0 unspecified atom stereocenters. The molecule has 0 atom stereocenters. The zero-order valence-electron chi connectivity index (χ0n) is 16.9. The van der Waals surface area contributed by atoms with Gasteiger partial charge in [-0.05, 0) is 37.5 Å². The van der Waals surface area contributed by atoms with Crippen molar-refractivity contribution in [2.45, 2.75) is 32.4 Å². The average molecular weight is 393 g/mol. The summed E-state index contributed by atoms with van der Waals surface area (Å²) in [5, 5.41) is 2.96. The number of piperidine rings is 1. The number of hydrogen-bond acceptors (Lipinski definition) is 2. The summed E-state index contributed by atoms with van der Waals surface area (Å²) in [4.78, 5) is 31.1. The number of urea groups is 2. The Morgan fingerprint density at radius 3 is 2.34 bits per heavy atom. The fourth-order valence-electron chi connectivity index (χ4n) is 4.11. The standard InChI is InChI=1S/C23H28N4O2/c1-18-7-9-20(10-8-18)24-22(28)25-13-11-21(12-14-25)27-16-15-26(23(27)29)17-19-5-3-2-4-6-19/h2-10,21H,11-17H2,1H3,(H,24,28). The summed E-state index contributed by atoms with van der Waals surface area (Å²) in [5.41, 5.74) is 3.14. The lowest BCUT2D eigenvalue weighted by Gasteiger charge is -2.36. The van der Waals surface area contributed by atoms with E-state index < -0.39 is 0 Å². The largest absolute Gasteiger partial charge is 0.324 e. The van der Waals surface area contributed by atoms with Crippen LogP contribution in [-0.4, -0.2) is 59.0 Å². The zero-order chi connectivity index (χ0) is 20.2. The topological polar surface area (TPSA) is 55.9 Å². The number of nitrogens with one attached hydrogen (secondary N) is 1. The minimum absolute atomic E-state index is 0.0641. The molecule has 152 valence electrons. The normalized spacial score (nSPS) is 17.7. The number of amides is 4. The fourth-order valence-corrected chi connectivity index (χ4v) is 4.11. The maximum Gasteiger partial charge on any atom is 0.321 e. The maximum absolute atomic E-state index is 12.9. The SMILES string of the molecule is Cc1ccc(NC(=O)N2CCC(N3CCN(Cc4ccccc4)C3=O)CC2)cc1. The van der Waals surface area contributed by atoms with Crippen molar-refractivity contribution in [3.8, 4) is 0 Å². The van der Waals surface area contributed by atoms with Gasteiger partial charge in [0.05, 0.1) is 0 Å². The highest BCUT2D eigenvalue weighted by Crippen LogP contribution is 2.23. The van der Waals surface area contributed by atoms with Crippen molar-refractivity contribution in [1.82, 2.24) is 14.7 Å². The second-order valence-corrected chi connectivity index (χ2v) is 7.90. The van der Waals surface area contributed by atoms with E-state index in [1.165, 1.54) is 5.56 Å². The zero-order valence-corrected chi connectivity index (χ0v) is 16.9. The van der Waals surface area contributed by atoms with E-state index in [1.54, 1.807) is 0 Å². The Bertz CT molecular complexity index is 845. The minimum Gasteiger partial charge on any atom is -0.324 e. The van der Waals surface area contributed by atoms with Gasteiger partial charge < -0.3 is 20.0 Å². The van der Waals surface area contributed by atoms with Crippen LogP contribution < -0.4 is 5.32 Å². The van der Waals surface area contributed by atoms with E-state index >= 15 is 0 Å². The number of benzene rings is 2. The van der Waals surface area contributed by atoms with E-state index in [2.05, 4.69) is 17.4 Å². The van der Waals surface area contributed by atoms with Gasteiger partial charge in [-0.25, -0.2) is 9.59 Å². The van der Waals surface area contributed by atoms with Crippen LogP contribution in [0.1, 0.15) is 24.0 Å². The molecule has 6 nitrogen and oxygen atoms in total. The highest BCUT2D eigenvalue weighted by atomic mass is 16.2. The van der Waals surface area contributed by atoms with Crippen molar-refractivity contribution in [3.63, 3.8) is 0 Å². The van der Waals surface area contributed by atoms with Crippen molar-refractivity contribution in [3.05, 3.63) is 65.7 Å². The van der Waals surface area contributed by atoms with E-state index in [4.69, 9.17) is 0 Å². The molecule has 2 aliphatic rings. The molecule has 2 fully saturated rings. The van der Waals surface area contributed by atoms with E-state index in [-0.39, 0.29) is 18.1 Å². The molecular formula is C23H28N4O2. The lowest BCUT2D eigenvalue weighted by molar-refractivity contribution is 0.139. The van der Waals surface area contributed by atoms with Crippen molar-refractivity contribution < 1.29 is 9.59 Å². The molecule has 2 heterocycles. The van der Waals surface area contributed by atoms with Gasteiger partial charge in [0.15, 0.2) is 0 Å². The molecule has 1 N–H and O–H groups in total. The number of carbonyl (C=O) groups excluding carboxylic acids is 2. The quantitative estimate of drug-likeness (QED) is 0.857. The number of hydrogen-bond donors (Lipinski definition) is 1. The predicted molar refractivity (Wildman–Crippen MR) is 114 cm³/mol. The summed E-state index contributed by atoms with van der Waals surface area (Å²) in [6.45, 7) is 5.56. The van der Waals surface area contributed by atoms with Gasteiger partial charge in [0, 0.05) is 44.5 Å². The van der Waals surface area contributed by atoms with Gasteiger partial charge in [0.25, 0.3) is 0 Å². The third-order valence-corrected chi connectivity index (χ3v) is 5.84. The molecule has 0 radical (unpaired) electrons. The second kappa shape index (κ2) is 8.55. The maximum atomic E-state index is 12.9. The van der Waals surface area contributed by atoms with Gasteiger partial charge >= 0.3 is 12.1 Å². The Hall–Kier alpha value is -3.02.